The van der Waals surface area contributed by atoms with E-state index in [1.165, 1.54) is 18.2 Å². The maximum atomic E-state index is 13.3. The molecule has 2 rings (SSSR count). The first-order valence-corrected chi connectivity index (χ1v) is 4.73. The molecule has 0 aromatic heterocycles. The molecular weight excluding hydrogens is 276 g/mol. The molecule has 5 heteroatoms. The van der Waals surface area contributed by atoms with E-state index in [0.717, 1.165) is 0 Å². The number of benzene rings is 2. The fraction of sp³-hybridized carbons (Fsp3) is 0. The van der Waals surface area contributed by atoms with Crippen LogP contribution in [0.2, 0.25) is 0 Å². The molecule has 0 bridgehead atoms. The Morgan fingerprint density at radius 3 is 2.07 bits per heavy atom. The smallest absolute Gasteiger partial charge is 0.198 e. The van der Waals surface area contributed by atoms with Gasteiger partial charge >= 0.3 is 0 Å². The Balaban J connectivity index is 3.08. The van der Waals surface area contributed by atoms with Gasteiger partial charge in [-0.05, 0) is 6.07 Å². The molecule has 0 saturated carbocycles. The summed E-state index contributed by atoms with van der Waals surface area (Å²) in [5.41, 5.74) is 0. The monoisotopic (exact) mass is 278 g/mol. The lowest BCUT2D eigenvalue weighted by molar-refractivity contribution is 0.418. The van der Waals surface area contributed by atoms with Gasteiger partial charge in [-0.1, -0.05) is 28.1 Å². The van der Waals surface area contributed by atoms with Crippen LogP contribution < -0.4 is 0 Å². The highest BCUT2D eigenvalue weighted by molar-refractivity contribution is 9.10. The minimum Gasteiger partial charge on any atom is -0.203 e. The predicted octanol–water partition coefficient (Wildman–Crippen LogP) is 4.16. The molecule has 2 aromatic carbocycles. The number of hydrogen-bond donors (Lipinski definition) is 0. The third-order valence-corrected chi connectivity index (χ3v) is 2.71. The average Bonchev–Trinajstić information content (AvgIpc) is 2.23. The van der Waals surface area contributed by atoms with Gasteiger partial charge in [0.2, 0.25) is 0 Å². The molecule has 0 radical (unpaired) electrons. The topological polar surface area (TPSA) is 0 Å². The molecule has 0 N–H and O–H groups in total. The lowest BCUT2D eigenvalue weighted by Gasteiger charge is -2.05. The van der Waals surface area contributed by atoms with E-state index in [0.29, 0.717) is 0 Å². The van der Waals surface area contributed by atoms with Crippen LogP contribution in [0.5, 0.6) is 0 Å². The van der Waals surface area contributed by atoms with Crippen LogP contribution in [0.4, 0.5) is 17.6 Å². The Bertz CT molecular complexity index is 551. The Morgan fingerprint density at radius 1 is 0.800 bits per heavy atom. The van der Waals surface area contributed by atoms with Crippen LogP contribution in [0, 0.1) is 23.3 Å². The van der Waals surface area contributed by atoms with Gasteiger partial charge < -0.3 is 0 Å². The van der Waals surface area contributed by atoms with Crippen LogP contribution in [-0.4, -0.2) is 0 Å². The van der Waals surface area contributed by atoms with Gasteiger partial charge in [0.1, 0.15) is 0 Å². The first-order chi connectivity index (χ1) is 7.04. The third-order valence-electron chi connectivity index (χ3n) is 2.05. The summed E-state index contributed by atoms with van der Waals surface area (Å²) in [5, 5.41) is -0.588. The van der Waals surface area contributed by atoms with Gasteiger partial charge in [0.25, 0.3) is 0 Å². The van der Waals surface area contributed by atoms with Crippen molar-refractivity contribution in [1.29, 1.82) is 0 Å². The summed E-state index contributed by atoms with van der Waals surface area (Å²) < 4.78 is 52.4. The van der Waals surface area contributed by atoms with Gasteiger partial charge in [-0.2, -0.15) is 0 Å². The van der Waals surface area contributed by atoms with Gasteiger partial charge in [0.05, 0.1) is 0 Å². The fourth-order valence-electron chi connectivity index (χ4n) is 1.35. The molecule has 0 aliphatic heterocycles. The maximum Gasteiger partial charge on any atom is 0.198 e. The summed E-state index contributed by atoms with van der Waals surface area (Å²) in [5.74, 6) is -6.37. The van der Waals surface area contributed by atoms with Crippen LogP contribution in [-0.2, 0) is 0 Å². The summed E-state index contributed by atoms with van der Waals surface area (Å²) in [7, 11) is 0. The van der Waals surface area contributed by atoms with Crippen molar-refractivity contribution in [2.75, 3.05) is 0 Å². The van der Waals surface area contributed by atoms with Crippen LogP contribution in [0.25, 0.3) is 10.8 Å². The zero-order chi connectivity index (χ0) is 11.2. The second-order valence-electron chi connectivity index (χ2n) is 2.92. The van der Waals surface area contributed by atoms with Crippen molar-refractivity contribution in [3.8, 4) is 0 Å². The zero-order valence-corrected chi connectivity index (χ0v) is 8.71. The molecule has 0 heterocycles. The highest BCUT2D eigenvalue weighted by atomic mass is 79.9. The Morgan fingerprint density at radius 2 is 1.40 bits per heavy atom. The minimum atomic E-state index is -1.80. The van der Waals surface area contributed by atoms with Gasteiger partial charge in [0.15, 0.2) is 23.3 Å². The molecule has 78 valence electrons. The highest BCUT2D eigenvalue weighted by Gasteiger charge is 2.21. The van der Waals surface area contributed by atoms with E-state index in [1.807, 2.05) is 0 Å². The van der Waals surface area contributed by atoms with E-state index in [2.05, 4.69) is 15.9 Å². The van der Waals surface area contributed by atoms with Crippen LogP contribution in [0.3, 0.4) is 0 Å². The Kier molecular flexibility index (Phi) is 2.42. The molecule has 0 atom stereocenters. The number of hydrogen-bond acceptors (Lipinski definition) is 0. The van der Waals surface area contributed by atoms with Gasteiger partial charge in [0, 0.05) is 15.2 Å². The normalized spacial score (nSPS) is 11.0. The first kappa shape index (κ1) is 10.4. The van der Waals surface area contributed by atoms with Crippen molar-refractivity contribution in [1.82, 2.24) is 0 Å². The Hall–Kier alpha value is -1.10. The molecule has 0 nitrogen and oxygen atoms in total. The summed E-state index contributed by atoms with van der Waals surface area (Å²) in [6, 6.07) is 4.01. The van der Waals surface area contributed by atoms with Crippen molar-refractivity contribution < 1.29 is 17.6 Å². The van der Waals surface area contributed by atoms with Crippen LogP contribution >= 0.6 is 15.9 Å². The molecule has 0 unspecified atom stereocenters. The van der Waals surface area contributed by atoms with Gasteiger partial charge in [-0.15, -0.1) is 0 Å². The van der Waals surface area contributed by atoms with Gasteiger partial charge in [-0.3, -0.25) is 0 Å². The number of rotatable bonds is 0. The second-order valence-corrected chi connectivity index (χ2v) is 3.77. The third kappa shape index (κ3) is 1.42. The van der Waals surface area contributed by atoms with E-state index >= 15 is 0 Å². The van der Waals surface area contributed by atoms with Crippen LogP contribution in [0.15, 0.2) is 22.7 Å². The maximum absolute atomic E-state index is 13.3. The quantitative estimate of drug-likeness (QED) is 0.386. The lowest BCUT2D eigenvalue weighted by Crippen LogP contribution is -1.98. The fourth-order valence-corrected chi connectivity index (χ4v) is 1.89. The van der Waals surface area contributed by atoms with E-state index in [4.69, 9.17) is 0 Å². The summed E-state index contributed by atoms with van der Waals surface area (Å²) in [6.45, 7) is 0. The first-order valence-electron chi connectivity index (χ1n) is 3.94. The molecule has 0 amide bonds. The minimum absolute atomic E-state index is 0.176. The van der Waals surface area contributed by atoms with Crippen molar-refractivity contribution in [2.24, 2.45) is 0 Å². The SMILES string of the molecule is Fc1c(F)c(F)c2c(Br)cccc2c1F. The van der Waals surface area contributed by atoms with Crippen molar-refractivity contribution in [2.45, 2.75) is 0 Å². The van der Waals surface area contributed by atoms with Gasteiger partial charge in [-0.25, -0.2) is 17.6 Å². The summed E-state index contributed by atoms with van der Waals surface area (Å²) in [6.07, 6.45) is 0. The van der Waals surface area contributed by atoms with Crippen LogP contribution in [0.1, 0.15) is 0 Å². The lowest BCUT2D eigenvalue weighted by atomic mass is 10.1. The van der Waals surface area contributed by atoms with E-state index in [9.17, 15) is 17.6 Å². The molecule has 15 heavy (non-hydrogen) atoms. The second kappa shape index (κ2) is 3.48. The van der Waals surface area contributed by atoms with E-state index in [1.54, 1.807) is 0 Å². The number of fused-ring (bicyclic) bond motifs is 1. The zero-order valence-electron chi connectivity index (χ0n) is 7.12. The molecule has 0 spiro atoms. The standard InChI is InChI=1S/C10H3BrF4/c11-5-3-1-2-4-6(5)8(13)10(15)9(14)7(4)12/h1-3H. The molecule has 2 aromatic rings. The van der Waals surface area contributed by atoms with Crippen molar-refractivity contribution in [3.63, 3.8) is 0 Å². The molecular formula is C10H3BrF4. The molecule has 0 aliphatic rings. The Labute approximate surface area is 90.6 Å². The van der Waals surface area contributed by atoms with E-state index in [-0.39, 0.29) is 15.2 Å². The molecule has 0 fully saturated rings. The predicted molar refractivity (Wildman–Crippen MR) is 51.5 cm³/mol. The number of halogens is 5. The molecule has 0 aliphatic carbocycles. The summed E-state index contributed by atoms with van der Waals surface area (Å²) >= 11 is 2.94. The summed E-state index contributed by atoms with van der Waals surface area (Å²) in [4.78, 5) is 0. The van der Waals surface area contributed by atoms with E-state index < -0.39 is 23.3 Å². The largest absolute Gasteiger partial charge is 0.203 e. The van der Waals surface area contributed by atoms with Crippen molar-refractivity contribution in [3.05, 3.63) is 45.9 Å². The highest BCUT2D eigenvalue weighted by Crippen LogP contribution is 2.31. The van der Waals surface area contributed by atoms with Crippen molar-refractivity contribution >= 4 is 26.7 Å². The average molecular weight is 279 g/mol. The molecule has 0 saturated heterocycles.